The van der Waals surface area contributed by atoms with Crippen LogP contribution < -0.4 is 10.1 Å². The first kappa shape index (κ1) is 24.8. The predicted molar refractivity (Wildman–Crippen MR) is 130 cm³/mol. The van der Waals surface area contributed by atoms with Crippen LogP contribution in [0.4, 0.5) is 0 Å². The molecule has 33 heavy (non-hydrogen) atoms. The quantitative estimate of drug-likeness (QED) is 0.474. The molecule has 1 atom stereocenters. The van der Waals surface area contributed by atoms with Crippen molar-refractivity contribution in [2.24, 2.45) is 0 Å². The summed E-state index contributed by atoms with van der Waals surface area (Å²) in [6, 6.07) is 20.5. The Morgan fingerprint density at radius 2 is 1.73 bits per heavy atom. The molecule has 0 radical (unpaired) electrons. The highest BCUT2D eigenvalue weighted by molar-refractivity contribution is 7.89. The van der Waals surface area contributed by atoms with Crippen LogP contribution >= 0.6 is 11.6 Å². The van der Waals surface area contributed by atoms with Gasteiger partial charge in [-0.2, -0.15) is 4.31 Å². The SMILES string of the molecule is COc1ccc(C(C)NC(=O)CN(Cc2cccc(Cl)c2)S(=O)(=O)c2ccc(C)cc2)cc1. The van der Waals surface area contributed by atoms with Crippen molar-refractivity contribution < 1.29 is 17.9 Å². The van der Waals surface area contributed by atoms with Gasteiger partial charge in [0, 0.05) is 11.6 Å². The summed E-state index contributed by atoms with van der Waals surface area (Å²) in [5.74, 6) is 0.310. The molecule has 0 aliphatic rings. The molecule has 174 valence electrons. The number of sulfonamides is 1. The molecule has 0 bridgehead atoms. The number of hydrogen-bond donors (Lipinski definition) is 1. The number of nitrogens with zero attached hydrogens (tertiary/aromatic N) is 1. The number of halogens is 1. The van der Waals surface area contributed by atoms with Crippen molar-refractivity contribution in [2.75, 3.05) is 13.7 Å². The highest BCUT2D eigenvalue weighted by Gasteiger charge is 2.27. The van der Waals surface area contributed by atoms with Crippen LogP contribution in [0.1, 0.15) is 29.7 Å². The second-order valence-corrected chi connectivity index (χ2v) is 10.2. The Balaban J connectivity index is 1.82. The van der Waals surface area contributed by atoms with Gasteiger partial charge in [0.15, 0.2) is 0 Å². The fraction of sp³-hybridized carbons (Fsp3) is 0.240. The molecular weight excluding hydrogens is 460 g/mol. The number of amides is 1. The number of carbonyl (C=O) groups is 1. The number of carbonyl (C=O) groups excluding carboxylic acids is 1. The summed E-state index contributed by atoms with van der Waals surface area (Å²) in [7, 11) is -2.33. The number of methoxy groups -OCH3 is 1. The summed E-state index contributed by atoms with van der Waals surface area (Å²) >= 11 is 6.08. The molecule has 8 heteroatoms. The van der Waals surface area contributed by atoms with Gasteiger partial charge in [-0.1, -0.05) is 53.6 Å². The maximum atomic E-state index is 13.4. The number of rotatable bonds is 9. The first-order chi connectivity index (χ1) is 15.7. The van der Waals surface area contributed by atoms with E-state index in [1.807, 2.05) is 38.1 Å². The Labute approximate surface area is 200 Å². The summed E-state index contributed by atoms with van der Waals surface area (Å²) in [4.78, 5) is 13.0. The molecule has 0 aliphatic heterocycles. The van der Waals surface area contributed by atoms with Crippen molar-refractivity contribution in [1.29, 1.82) is 0 Å². The lowest BCUT2D eigenvalue weighted by atomic mass is 10.1. The second kappa shape index (κ2) is 10.8. The molecule has 0 fully saturated rings. The van der Waals surface area contributed by atoms with Gasteiger partial charge in [-0.25, -0.2) is 8.42 Å². The van der Waals surface area contributed by atoms with Crippen LogP contribution in [-0.2, 0) is 21.4 Å². The van der Waals surface area contributed by atoms with E-state index >= 15 is 0 Å². The normalized spacial score (nSPS) is 12.4. The van der Waals surface area contributed by atoms with Gasteiger partial charge in [0.1, 0.15) is 5.75 Å². The van der Waals surface area contributed by atoms with Crippen LogP contribution in [-0.4, -0.2) is 32.3 Å². The summed E-state index contributed by atoms with van der Waals surface area (Å²) in [6.45, 7) is 3.41. The molecule has 0 heterocycles. The molecule has 1 N–H and O–H groups in total. The Morgan fingerprint density at radius 1 is 1.06 bits per heavy atom. The van der Waals surface area contributed by atoms with Crippen LogP contribution in [0.5, 0.6) is 5.75 Å². The lowest BCUT2D eigenvalue weighted by Crippen LogP contribution is -2.41. The molecule has 0 saturated carbocycles. The lowest BCUT2D eigenvalue weighted by Gasteiger charge is -2.23. The fourth-order valence-electron chi connectivity index (χ4n) is 3.35. The van der Waals surface area contributed by atoms with Crippen LogP contribution in [0.3, 0.4) is 0 Å². The van der Waals surface area contributed by atoms with Crippen LogP contribution in [0.2, 0.25) is 5.02 Å². The average Bonchev–Trinajstić information content (AvgIpc) is 2.79. The molecule has 1 unspecified atom stereocenters. The zero-order valence-electron chi connectivity index (χ0n) is 18.8. The third-order valence-electron chi connectivity index (χ3n) is 5.22. The number of aryl methyl sites for hydroxylation is 1. The van der Waals surface area contributed by atoms with E-state index < -0.39 is 15.9 Å². The predicted octanol–water partition coefficient (Wildman–Crippen LogP) is 4.73. The van der Waals surface area contributed by atoms with Crippen molar-refractivity contribution in [1.82, 2.24) is 9.62 Å². The Morgan fingerprint density at radius 3 is 2.33 bits per heavy atom. The second-order valence-electron chi connectivity index (χ2n) is 7.78. The van der Waals surface area contributed by atoms with Crippen molar-refractivity contribution >= 4 is 27.5 Å². The van der Waals surface area contributed by atoms with E-state index in [4.69, 9.17) is 16.3 Å². The smallest absolute Gasteiger partial charge is 0.243 e. The summed E-state index contributed by atoms with van der Waals surface area (Å²) < 4.78 is 33.1. The Bertz CT molecular complexity index is 1200. The number of nitrogens with one attached hydrogen (secondary N) is 1. The van der Waals surface area contributed by atoms with Gasteiger partial charge in [-0.15, -0.1) is 0 Å². The van der Waals surface area contributed by atoms with E-state index in [2.05, 4.69) is 5.32 Å². The molecule has 6 nitrogen and oxygen atoms in total. The minimum atomic E-state index is -3.92. The standard InChI is InChI=1S/C25H27ClN2O4S/c1-18-7-13-24(14-8-18)33(30,31)28(16-20-5-4-6-22(26)15-20)17-25(29)27-19(2)21-9-11-23(32-3)12-10-21/h4-15,19H,16-17H2,1-3H3,(H,27,29). The first-order valence-electron chi connectivity index (χ1n) is 10.4. The molecule has 3 aromatic rings. The molecule has 0 aromatic heterocycles. The van der Waals surface area contributed by atoms with Gasteiger partial charge in [0.2, 0.25) is 15.9 Å². The van der Waals surface area contributed by atoms with Crippen molar-refractivity contribution in [2.45, 2.75) is 31.3 Å². The molecule has 3 aromatic carbocycles. The van der Waals surface area contributed by atoms with E-state index in [-0.39, 0.29) is 24.0 Å². The van der Waals surface area contributed by atoms with Crippen molar-refractivity contribution in [3.05, 3.63) is 94.5 Å². The molecular formula is C25H27ClN2O4S. The average molecular weight is 487 g/mol. The van der Waals surface area contributed by atoms with Gasteiger partial charge in [0.25, 0.3) is 0 Å². The van der Waals surface area contributed by atoms with E-state index in [9.17, 15) is 13.2 Å². The maximum Gasteiger partial charge on any atom is 0.243 e. The largest absolute Gasteiger partial charge is 0.497 e. The highest BCUT2D eigenvalue weighted by Crippen LogP contribution is 2.21. The van der Waals surface area contributed by atoms with Crippen LogP contribution in [0.25, 0.3) is 0 Å². The Kier molecular flexibility index (Phi) is 8.13. The summed E-state index contributed by atoms with van der Waals surface area (Å²) in [5.41, 5.74) is 2.52. The lowest BCUT2D eigenvalue weighted by molar-refractivity contribution is -0.122. The van der Waals surface area contributed by atoms with Gasteiger partial charge in [-0.05, 0) is 61.4 Å². The maximum absolute atomic E-state index is 13.4. The van der Waals surface area contributed by atoms with Crippen LogP contribution in [0.15, 0.2) is 77.7 Å². The molecule has 1 amide bonds. The molecule has 0 saturated heterocycles. The first-order valence-corrected chi connectivity index (χ1v) is 12.3. The molecule has 0 aliphatic carbocycles. The van der Waals surface area contributed by atoms with E-state index in [0.29, 0.717) is 16.3 Å². The van der Waals surface area contributed by atoms with E-state index in [1.54, 1.807) is 55.6 Å². The molecule has 0 spiro atoms. The Hall–Kier alpha value is -2.87. The number of hydrogen-bond acceptors (Lipinski definition) is 4. The monoisotopic (exact) mass is 486 g/mol. The van der Waals surface area contributed by atoms with Crippen molar-refractivity contribution in [3.63, 3.8) is 0 Å². The minimum absolute atomic E-state index is 0.0150. The zero-order valence-corrected chi connectivity index (χ0v) is 20.4. The third kappa shape index (κ3) is 6.57. The van der Waals surface area contributed by atoms with Crippen molar-refractivity contribution in [3.8, 4) is 5.75 Å². The topological polar surface area (TPSA) is 75.7 Å². The van der Waals surface area contributed by atoms with E-state index in [0.717, 1.165) is 11.1 Å². The highest BCUT2D eigenvalue weighted by atomic mass is 35.5. The van der Waals surface area contributed by atoms with Crippen LogP contribution in [0, 0.1) is 6.92 Å². The number of ether oxygens (including phenoxy) is 1. The van der Waals surface area contributed by atoms with E-state index in [1.165, 1.54) is 4.31 Å². The minimum Gasteiger partial charge on any atom is -0.497 e. The van der Waals surface area contributed by atoms with Gasteiger partial charge in [0.05, 0.1) is 24.6 Å². The van der Waals surface area contributed by atoms with Gasteiger partial charge < -0.3 is 10.1 Å². The summed E-state index contributed by atoms with van der Waals surface area (Å²) in [6.07, 6.45) is 0. The third-order valence-corrected chi connectivity index (χ3v) is 7.26. The van der Waals surface area contributed by atoms with Gasteiger partial charge >= 0.3 is 0 Å². The zero-order chi connectivity index (χ0) is 24.0. The molecule has 3 rings (SSSR count). The fourth-order valence-corrected chi connectivity index (χ4v) is 4.94. The number of benzene rings is 3. The summed E-state index contributed by atoms with van der Waals surface area (Å²) in [5, 5.41) is 3.38. The van der Waals surface area contributed by atoms with Gasteiger partial charge in [-0.3, -0.25) is 4.79 Å².